The number of allylic oxidation sites excluding steroid dienone is 1. The smallest absolute Gasteiger partial charge is 0.246 e. The Kier molecular flexibility index (Phi) is 6.26. The molecule has 32 heavy (non-hydrogen) atoms. The normalized spacial score (nSPS) is 17.0. The molecule has 0 spiro atoms. The van der Waals surface area contributed by atoms with Crippen molar-refractivity contribution >= 4 is 22.4 Å². The number of nitrogens with zero attached hydrogens (tertiary/aromatic N) is 1. The second kappa shape index (κ2) is 9.11. The van der Waals surface area contributed by atoms with Crippen molar-refractivity contribution in [3.05, 3.63) is 53.8 Å². The van der Waals surface area contributed by atoms with Gasteiger partial charge in [-0.3, -0.25) is 4.79 Å². The molecule has 2 aromatic carbocycles. The van der Waals surface area contributed by atoms with E-state index < -0.39 is 0 Å². The fraction of sp³-hybridized carbons (Fsp3) is 0.370. The van der Waals surface area contributed by atoms with E-state index in [0.29, 0.717) is 5.92 Å². The number of fused-ring (bicyclic) bond motifs is 1. The van der Waals surface area contributed by atoms with Crippen LogP contribution in [0.3, 0.4) is 0 Å². The second-order valence-electron chi connectivity index (χ2n) is 8.70. The molecule has 1 atom stereocenters. The third kappa shape index (κ3) is 4.12. The fourth-order valence-corrected chi connectivity index (χ4v) is 4.61. The lowest BCUT2D eigenvalue weighted by molar-refractivity contribution is -0.127. The van der Waals surface area contributed by atoms with E-state index in [2.05, 4.69) is 13.0 Å². The molecule has 1 unspecified atom stereocenters. The molecule has 1 amide bonds. The first kappa shape index (κ1) is 22.0. The van der Waals surface area contributed by atoms with Crippen LogP contribution in [-0.2, 0) is 4.79 Å². The zero-order chi connectivity index (χ0) is 22.8. The summed E-state index contributed by atoms with van der Waals surface area (Å²) in [5, 5.41) is 0.996. The number of rotatable bonds is 5. The topological polar surface area (TPSA) is 51.9 Å². The minimum absolute atomic E-state index is 0.0661. The van der Waals surface area contributed by atoms with E-state index in [9.17, 15) is 4.79 Å². The molecule has 0 N–H and O–H groups in total. The summed E-state index contributed by atoms with van der Waals surface area (Å²) in [4.78, 5) is 14.9. The van der Waals surface area contributed by atoms with Crippen LogP contribution < -0.4 is 9.47 Å². The van der Waals surface area contributed by atoms with E-state index in [-0.39, 0.29) is 5.91 Å². The molecule has 1 fully saturated rings. The summed E-state index contributed by atoms with van der Waals surface area (Å²) >= 11 is 0. The van der Waals surface area contributed by atoms with Gasteiger partial charge in [0, 0.05) is 41.2 Å². The number of hydrogen-bond donors (Lipinski definition) is 0. The zero-order valence-electron chi connectivity index (χ0n) is 19.5. The van der Waals surface area contributed by atoms with Crippen molar-refractivity contribution in [1.82, 2.24) is 4.90 Å². The van der Waals surface area contributed by atoms with E-state index >= 15 is 0 Å². The van der Waals surface area contributed by atoms with Gasteiger partial charge in [-0.1, -0.05) is 19.1 Å². The molecule has 0 saturated carbocycles. The highest BCUT2D eigenvalue weighted by Crippen LogP contribution is 2.40. The number of carbonyl (C=O) groups is 1. The van der Waals surface area contributed by atoms with E-state index in [1.165, 1.54) is 6.42 Å². The Morgan fingerprint density at radius 2 is 1.94 bits per heavy atom. The zero-order valence-corrected chi connectivity index (χ0v) is 19.5. The molecule has 3 aromatic rings. The summed E-state index contributed by atoms with van der Waals surface area (Å²) < 4.78 is 17.0. The molecule has 168 valence electrons. The van der Waals surface area contributed by atoms with Crippen LogP contribution in [0.25, 0.3) is 27.7 Å². The lowest BCUT2D eigenvalue weighted by Crippen LogP contribution is -2.38. The minimum atomic E-state index is 0.0661. The highest BCUT2D eigenvalue weighted by molar-refractivity contribution is 6.01. The number of furan rings is 1. The minimum Gasteiger partial charge on any atom is -0.497 e. The van der Waals surface area contributed by atoms with E-state index in [1.807, 2.05) is 43.0 Å². The molecule has 5 nitrogen and oxygen atoms in total. The van der Waals surface area contributed by atoms with Gasteiger partial charge >= 0.3 is 0 Å². The quantitative estimate of drug-likeness (QED) is 0.457. The molecule has 4 rings (SSSR count). The number of amides is 1. The van der Waals surface area contributed by atoms with Gasteiger partial charge in [-0.2, -0.15) is 0 Å². The summed E-state index contributed by atoms with van der Waals surface area (Å²) in [6.45, 7) is 7.82. The van der Waals surface area contributed by atoms with Gasteiger partial charge in [0.05, 0.1) is 20.5 Å². The van der Waals surface area contributed by atoms with E-state index in [4.69, 9.17) is 13.9 Å². The summed E-state index contributed by atoms with van der Waals surface area (Å²) in [5.41, 5.74) is 5.55. The molecule has 1 saturated heterocycles. The first-order chi connectivity index (χ1) is 15.4. The van der Waals surface area contributed by atoms with Crippen molar-refractivity contribution in [3.8, 4) is 22.6 Å². The van der Waals surface area contributed by atoms with E-state index in [0.717, 1.165) is 69.8 Å². The number of methoxy groups -OCH3 is 2. The van der Waals surface area contributed by atoms with Crippen molar-refractivity contribution in [1.29, 1.82) is 0 Å². The lowest BCUT2D eigenvalue weighted by atomic mass is 9.96. The van der Waals surface area contributed by atoms with Gasteiger partial charge in [-0.05, 0) is 61.9 Å². The number of carbonyl (C=O) groups excluding carboxylic acids is 1. The molecule has 0 aliphatic carbocycles. The second-order valence-corrected chi connectivity index (χ2v) is 8.70. The Labute approximate surface area is 189 Å². The maximum atomic E-state index is 13.0. The van der Waals surface area contributed by atoms with Crippen LogP contribution in [0.15, 0.2) is 47.1 Å². The number of aryl methyl sites for hydroxylation is 1. The van der Waals surface area contributed by atoms with Crippen LogP contribution in [0.1, 0.15) is 37.8 Å². The van der Waals surface area contributed by atoms with Gasteiger partial charge in [0.1, 0.15) is 17.1 Å². The maximum Gasteiger partial charge on any atom is 0.246 e. The predicted molar refractivity (Wildman–Crippen MR) is 128 cm³/mol. The summed E-state index contributed by atoms with van der Waals surface area (Å²) in [6.07, 6.45) is 5.77. The van der Waals surface area contributed by atoms with E-state index in [1.54, 1.807) is 26.6 Å². The third-order valence-electron chi connectivity index (χ3n) is 6.38. The number of likely N-dealkylation sites (tertiary alicyclic amines) is 1. The van der Waals surface area contributed by atoms with Crippen molar-refractivity contribution < 1.29 is 18.7 Å². The molecule has 1 aliphatic rings. The van der Waals surface area contributed by atoms with Crippen molar-refractivity contribution in [2.45, 2.75) is 33.6 Å². The highest BCUT2D eigenvalue weighted by Gasteiger charge is 2.22. The van der Waals surface area contributed by atoms with Crippen LogP contribution in [0.5, 0.6) is 11.5 Å². The summed E-state index contributed by atoms with van der Waals surface area (Å²) in [6, 6.07) is 9.99. The monoisotopic (exact) mass is 433 g/mol. The van der Waals surface area contributed by atoms with Crippen LogP contribution in [-0.4, -0.2) is 38.1 Å². The van der Waals surface area contributed by atoms with Gasteiger partial charge in [-0.25, -0.2) is 0 Å². The van der Waals surface area contributed by atoms with Crippen molar-refractivity contribution in [2.75, 3.05) is 27.3 Å². The van der Waals surface area contributed by atoms with Crippen LogP contribution >= 0.6 is 0 Å². The Bertz CT molecular complexity index is 1160. The number of ether oxygens (including phenoxy) is 2. The molecular formula is C27H31NO4. The Morgan fingerprint density at radius 3 is 2.59 bits per heavy atom. The molecule has 2 heterocycles. The third-order valence-corrected chi connectivity index (χ3v) is 6.38. The summed E-state index contributed by atoms with van der Waals surface area (Å²) in [5.74, 6) is 2.16. The Morgan fingerprint density at radius 1 is 1.19 bits per heavy atom. The predicted octanol–water partition coefficient (Wildman–Crippen LogP) is 6.09. The van der Waals surface area contributed by atoms with Crippen molar-refractivity contribution in [3.63, 3.8) is 0 Å². The van der Waals surface area contributed by atoms with Gasteiger partial charge in [0.15, 0.2) is 0 Å². The van der Waals surface area contributed by atoms with Crippen LogP contribution in [0, 0.1) is 12.8 Å². The standard InChI is InChI=1S/C27H31NO4/c1-17-7-6-12-28(15-17)25(29)13-18(2)22-14-23-24(20-8-10-21(30-4)11-9-20)16-32-27(23)19(3)26(22)31-5/h8-11,13-14,16-17H,6-7,12,15H2,1-5H3/b18-13+. The average Bonchev–Trinajstić information content (AvgIpc) is 3.23. The lowest BCUT2D eigenvalue weighted by Gasteiger charge is -2.30. The maximum absolute atomic E-state index is 13.0. The molecule has 0 bridgehead atoms. The highest BCUT2D eigenvalue weighted by atomic mass is 16.5. The Balaban J connectivity index is 1.77. The molecular weight excluding hydrogens is 402 g/mol. The molecule has 1 aromatic heterocycles. The largest absolute Gasteiger partial charge is 0.497 e. The fourth-order valence-electron chi connectivity index (χ4n) is 4.61. The number of piperidine rings is 1. The summed E-state index contributed by atoms with van der Waals surface area (Å²) in [7, 11) is 3.32. The molecule has 0 radical (unpaired) electrons. The average molecular weight is 434 g/mol. The van der Waals surface area contributed by atoms with Gasteiger partial charge in [0.2, 0.25) is 5.91 Å². The Hall–Kier alpha value is -3.21. The van der Waals surface area contributed by atoms with Gasteiger partial charge in [-0.15, -0.1) is 0 Å². The first-order valence-corrected chi connectivity index (χ1v) is 11.1. The van der Waals surface area contributed by atoms with Gasteiger partial charge in [0.25, 0.3) is 0 Å². The van der Waals surface area contributed by atoms with Crippen LogP contribution in [0.2, 0.25) is 0 Å². The SMILES string of the molecule is COc1ccc(-c2coc3c(C)c(OC)c(/C(C)=C/C(=O)N4CCCC(C)C4)cc23)cc1. The van der Waals surface area contributed by atoms with Gasteiger partial charge < -0.3 is 18.8 Å². The van der Waals surface area contributed by atoms with Crippen LogP contribution in [0.4, 0.5) is 0 Å². The van der Waals surface area contributed by atoms with Crippen molar-refractivity contribution in [2.24, 2.45) is 5.92 Å². The number of hydrogen-bond acceptors (Lipinski definition) is 4. The number of benzene rings is 2. The first-order valence-electron chi connectivity index (χ1n) is 11.1. The molecule has 5 heteroatoms. The molecule has 1 aliphatic heterocycles.